The third kappa shape index (κ3) is 4.10. The molecule has 1 aromatic rings. The Kier molecular flexibility index (Phi) is 6.36. The number of anilines is 1. The van der Waals surface area contributed by atoms with Crippen molar-refractivity contribution in [3.63, 3.8) is 0 Å². The summed E-state index contributed by atoms with van der Waals surface area (Å²) in [6.45, 7) is 9.18. The molecule has 3 rings (SSSR count). The number of aromatic amines is 1. The van der Waals surface area contributed by atoms with Crippen molar-refractivity contribution >= 4 is 11.7 Å². The van der Waals surface area contributed by atoms with Crippen LogP contribution in [-0.4, -0.2) is 37.0 Å². The van der Waals surface area contributed by atoms with Gasteiger partial charge in [-0.3, -0.25) is 9.69 Å². The maximum absolute atomic E-state index is 12.3. The highest BCUT2D eigenvalue weighted by atomic mass is 16.2. The van der Waals surface area contributed by atoms with Gasteiger partial charge in [0.05, 0.1) is 13.1 Å². The van der Waals surface area contributed by atoms with Gasteiger partial charge >= 0.3 is 0 Å². The van der Waals surface area contributed by atoms with Crippen LogP contribution < -0.4 is 9.88 Å². The summed E-state index contributed by atoms with van der Waals surface area (Å²) in [5.74, 6) is 1.26. The van der Waals surface area contributed by atoms with Crippen molar-refractivity contribution in [1.82, 2.24) is 4.90 Å². The van der Waals surface area contributed by atoms with E-state index in [2.05, 4.69) is 22.9 Å². The molecule has 0 unspecified atom stereocenters. The molecule has 0 atom stereocenters. The van der Waals surface area contributed by atoms with E-state index in [4.69, 9.17) is 0 Å². The highest BCUT2D eigenvalue weighted by Crippen LogP contribution is 2.31. The summed E-state index contributed by atoms with van der Waals surface area (Å²) < 4.78 is 0. The van der Waals surface area contributed by atoms with Crippen molar-refractivity contribution in [2.75, 3.05) is 31.1 Å². The zero-order valence-electron chi connectivity index (χ0n) is 17.1. The van der Waals surface area contributed by atoms with Crippen LogP contribution in [0.25, 0.3) is 0 Å². The third-order valence-corrected chi connectivity index (χ3v) is 5.93. The number of hydrogen-bond donors (Lipinski definition) is 0. The molecule has 1 aliphatic carbocycles. The van der Waals surface area contributed by atoms with E-state index in [0.717, 1.165) is 56.8 Å². The van der Waals surface area contributed by atoms with Gasteiger partial charge in [-0.15, -0.1) is 0 Å². The molecule has 1 aliphatic heterocycles. The topological polar surface area (TPSA) is 61.5 Å². The number of H-pyrrole nitrogens is 1. The molecular formula is C22H33N4O+. The van der Waals surface area contributed by atoms with Crippen LogP contribution >= 0.6 is 0 Å². The minimum absolute atomic E-state index is 0.0437. The third-order valence-electron chi connectivity index (χ3n) is 5.93. The largest absolute Gasteiger partial charge is 0.335 e. The number of hydrogen-bond acceptors (Lipinski definition) is 3. The van der Waals surface area contributed by atoms with Gasteiger partial charge < -0.3 is 4.90 Å². The summed E-state index contributed by atoms with van der Waals surface area (Å²) in [6, 6.07) is 2.50. The van der Waals surface area contributed by atoms with Gasteiger partial charge in [0.25, 0.3) is 5.82 Å². The Balaban J connectivity index is 1.89. The van der Waals surface area contributed by atoms with Gasteiger partial charge in [0.15, 0.2) is 0 Å². The second kappa shape index (κ2) is 8.73. The van der Waals surface area contributed by atoms with Crippen molar-refractivity contribution in [2.24, 2.45) is 5.92 Å². The number of nitrogens with one attached hydrogen (secondary N) is 1. The number of piperazine rings is 1. The Hall–Kier alpha value is -2.09. The van der Waals surface area contributed by atoms with Crippen molar-refractivity contribution in [1.29, 1.82) is 5.26 Å². The van der Waals surface area contributed by atoms with Crippen LogP contribution in [0.15, 0.2) is 0 Å². The Morgan fingerprint density at radius 3 is 2.41 bits per heavy atom. The van der Waals surface area contributed by atoms with Gasteiger partial charge in [-0.1, -0.05) is 27.2 Å². The summed E-state index contributed by atoms with van der Waals surface area (Å²) in [7, 11) is 0. The van der Waals surface area contributed by atoms with Gasteiger partial charge in [-0.25, -0.2) is 4.98 Å². The van der Waals surface area contributed by atoms with Gasteiger partial charge in [0, 0.05) is 12.3 Å². The van der Waals surface area contributed by atoms with Crippen LogP contribution in [0.5, 0.6) is 0 Å². The minimum atomic E-state index is 0.0437. The lowest BCUT2D eigenvalue weighted by molar-refractivity contribution is -0.378. The molecule has 5 nitrogen and oxygen atoms in total. The van der Waals surface area contributed by atoms with Crippen LogP contribution in [0.4, 0.5) is 5.82 Å². The predicted octanol–water partition coefficient (Wildman–Crippen LogP) is 2.90. The fraction of sp³-hybridized carbons (Fsp3) is 0.682. The number of unbranched alkanes of at least 4 members (excludes halogenated alkanes) is 1. The summed E-state index contributed by atoms with van der Waals surface area (Å²) in [4.78, 5) is 20.2. The molecule has 1 saturated heterocycles. The van der Waals surface area contributed by atoms with Gasteiger partial charge in [-0.2, -0.15) is 5.26 Å². The molecule has 0 spiro atoms. The average Bonchev–Trinajstić information content (AvgIpc) is 2.71. The van der Waals surface area contributed by atoms with Crippen molar-refractivity contribution in [3.8, 4) is 6.07 Å². The number of amides is 1. The number of pyridine rings is 1. The van der Waals surface area contributed by atoms with Crippen LogP contribution in [0.1, 0.15) is 68.8 Å². The molecule has 2 heterocycles. The number of fused-ring (bicyclic) bond motifs is 1. The number of carbonyl (C=O) groups excluding carboxylic acids is 1. The van der Waals surface area contributed by atoms with Crippen LogP contribution in [-0.2, 0) is 24.1 Å². The maximum atomic E-state index is 12.3. The number of nitriles is 1. The molecule has 1 aromatic heterocycles. The number of carbonyl (C=O) groups is 1. The fourth-order valence-corrected chi connectivity index (χ4v) is 4.38. The summed E-state index contributed by atoms with van der Waals surface area (Å²) in [5, 5.41) is 9.92. The number of aromatic nitrogens is 1. The molecule has 0 saturated carbocycles. The van der Waals surface area contributed by atoms with Gasteiger partial charge in [0.1, 0.15) is 30.4 Å². The predicted molar refractivity (Wildman–Crippen MR) is 107 cm³/mol. The Labute approximate surface area is 163 Å². The molecule has 0 radical (unpaired) electrons. The average molecular weight is 370 g/mol. The Bertz CT molecular complexity index is 727. The van der Waals surface area contributed by atoms with E-state index in [9.17, 15) is 10.1 Å². The molecule has 2 aliphatic rings. The lowest BCUT2D eigenvalue weighted by Crippen LogP contribution is -2.51. The lowest BCUT2D eigenvalue weighted by atomic mass is 9.86. The Morgan fingerprint density at radius 1 is 1.15 bits per heavy atom. The normalized spacial score (nSPS) is 17.0. The number of nitrogens with zero attached hydrogens (tertiary/aromatic N) is 3. The molecule has 5 heteroatoms. The van der Waals surface area contributed by atoms with Crippen molar-refractivity contribution in [2.45, 2.75) is 65.7 Å². The van der Waals surface area contributed by atoms with E-state index in [1.54, 1.807) is 0 Å². The van der Waals surface area contributed by atoms with E-state index in [0.29, 0.717) is 0 Å². The molecule has 1 fully saturated rings. The molecule has 146 valence electrons. The second-order valence-electron chi connectivity index (χ2n) is 8.17. The van der Waals surface area contributed by atoms with Crippen LogP contribution in [0.3, 0.4) is 0 Å². The SMILES string of the molecule is CCCCc1[nH+]c(N2CCN(C(=O)C(C)C)CC2)c(C#N)c2c1CCCC2. The number of rotatable bonds is 5. The summed E-state index contributed by atoms with van der Waals surface area (Å²) in [5.41, 5.74) is 4.86. The van der Waals surface area contributed by atoms with E-state index in [1.807, 2.05) is 18.7 Å². The molecular weight excluding hydrogens is 336 g/mol. The second-order valence-corrected chi connectivity index (χ2v) is 8.17. The molecule has 1 N–H and O–H groups in total. The van der Waals surface area contributed by atoms with Gasteiger partial charge in [0.2, 0.25) is 5.91 Å². The quantitative estimate of drug-likeness (QED) is 0.802. The first-order chi connectivity index (χ1) is 13.1. The Morgan fingerprint density at radius 2 is 1.81 bits per heavy atom. The maximum Gasteiger partial charge on any atom is 0.293 e. The van der Waals surface area contributed by atoms with E-state index in [-0.39, 0.29) is 11.8 Å². The first-order valence-corrected chi connectivity index (χ1v) is 10.6. The first kappa shape index (κ1) is 19.7. The number of aryl methyl sites for hydroxylation is 1. The molecule has 27 heavy (non-hydrogen) atoms. The van der Waals surface area contributed by atoms with Crippen LogP contribution in [0, 0.1) is 17.2 Å². The molecule has 0 aromatic carbocycles. The van der Waals surface area contributed by atoms with Crippen LogP contribution in [0.2, 0.25) is 0 Å². The zero-order valence-corrected chi connectivity index (χ0v) is 17.1. The van der Waals surface area contributed by atoms with E-state index < -0.39 is 0 Å². The minimum Gasteiger partial charge on any atom is -0.335 e. The van der Waals surface area contributed by atoms with E-state index in [1.165, 1.54) is 42.5 Å². The summed E-state index contributed by atoms with van der Waals surface area (Å²) >= 11 is 0. The first-order valence-electron chi connectivity index (χ1n) is 10.6. The lowest BCUT2D eigenvalue weighted by Gasteiger charge is -2.33. The monoisotopic (exact) mass is 369 g/mol. The van der Waals surface area contributed by atoms with Crippen molar-refractivity contribution in [3.05, 3.63) is 22.4 Å². The highest BCUT2D eigenvalue weighted by molar-refractivity contribution is 5.78. The molecule has 0 bridgehead atoms. The van der Waals surface area contributed by atoms with E-state index >= 15 is 0 Å². The zero-order chi connectivity index (χ0) is 19.4. The highest BCUT2D eigenvalue weighted by Gasteiger charge is 2.32. The summed E-state index contributed by atoms with van der Waals surface area (Å²) in [6.07, 6.45) is 7.92. The van der Waals surface area contributed by atoms with Gasteiger partial charge in [-0.05, 0) is 43.2 Å². The fourth-order valence-electron chi connectivity index (χ4n) is 4.38. The van der Waals surface area contributed by atoms with Crippen molar-refractivity contribution < 1.29 is 9.78 Å². The molecule has 1 amide bonds. The smallest absolute Gasteiger partial charge is 0.293 e. The standard InChI is InChI=1S/C22H32N4O/c1-4-5-10-20-18-9-7-6-8-17(18)19(15-23)21(24-20)25-11-13-26(14-12-25)22(27)16(2)3/h16H,4-14H2,1-3H3/p+1.